The lowest BCUT2D eigenvalue weighted by Gasteiger charge is -2.39. The number of likely N-dealkylation sites (N-methyl/N-ethyl adjacent to an activating group) is 1. The topological polar surface area (TPSA) is 21.3 Å². The smallest absolute Gasteiger partial charge is 0.0769 e. The molecule has 1 saturated heterocycles. The van der Waals surface area contributed by atoms with E-state index in [1.165, 1.54) is 44.2 Å². The fourth-order valence-corrected chi connectivity index (χ4v) is 6.71. The minimum absolute atomic E-state index is 0.200. The van der Waals surface area contributed by atoms with E-state index in [2.05, 4.69) is 26.1 Å². The third kappa shape index (κ3) is 5.10. The van der Waals surface area contributed by atoms with Crippen LogP contribution in [0.4, 0.5) is 0 Å². The van der Waals surface area contributed by atoms with Crippen molar-refractivity contribution < 1.29 is 4.74 Å². The van der Waals surface area contributed by atoms with Crippen LogP contribution in [0.3, 0.4) is 0 Å². The van der Waals surface area contributed by atoms with Crippen LogP contribution in [-0.4, -0.2) is 33.7 Å². The molecule has 0 amide bonds. The second-order valence-corrected chi connectivity index (χ2v) is 9.40. The van der Waals surface area contributed by atoms with Crippen LogP contribution >= 0.6 is 0 Å². The Bertz CT molecular complexity index is 195. The third-order valence-corrected chi connectivity index (χ3v) is 8.43. The summed E-state index contributed by atoms with van der Waals surface area (Å²) in [6.07, 6.45) is 6.81. The van der Waals surface area contributed by atoms with E-state index in [-0.39, 0.29) is 5.22 Å². The molecule has 0 bridgehead atoms. The van der Waals surface area contributed by atoms with Gasteiger partial charge in [-0.15, -0.1) is 0 Å². The Morgan fingerprint density at radius 1 is 1.18 bits per heavy atom. The van der Waals surface area contributed by atoms with Gasteiger partial charge in [0.25, 0.3) is 0 Å². The van der Waals surface area contributed by atoms with Gasteiger partial charge in [0.1, 0.15) is 0 Å². The second kappa shape index (κ2) is 8.28. The first-order valence-corrected chi connectivity index (χ1v) is 9.78. The first kappa shape index (κ1) is 15.2. The summed E-state index contributed by atoms with van der Waals surface area (Å²) in [5, 5.41) is 3.72. The molecule has 0 spiro atoms. The fraction of sp³-hybridized carbons (Fsp3) is 1.00. The van der Waals surface area contributed by atoms with Gasteiger partial charge in [-0.2, -0.15) is 0 Å². The number of nitrogens with one attached hydrogen (secondary N) is 1. The summed E-state index contributed by atoms with van der Waals surface area (Å²) in [4.78, 5) is 0. The third-order valence-electron chi connectivity index (χ3n) is 4.12. The summed E-state index contributed by atoms with van der Waals surface area (Å²) in [5.74, 6) is 0. The first-order valence-electron chi connectivity index (χ1n) is 7.57. The molecule has 0 aliphatic carbocycles. The standard InChI is InChI=1S/C14H31NOSi/c1-4-6-10-16-14(3,13-15-5-2)17-11-8-7-9-12-17/h15,17H,4-13H2,1-3H3. The van der Waals surface area contributed by atoms with Gasteiger partial charge in [-0.25, -0.2) is 0 Å². The van der Waals surface area contributed by atoms with Crippen molar-refractivity contribution in [2.75, 3.05) is 19.7 Å². The summed E-state index contributed by atoms with van der Waals surface area (Å²) in [7, 11) is -0.715. The Morgan fingerprint density at radius 3 is 2.47 bits per heavy atom. The Morgan fingerprint density at radius 2 is 1.88 bits per heavy atom. The van der Waals surface area contributed by atoms with Crippen LogP contribution < -0.4 is 5.32 Å². The molecule has 0 aromatic carbocycles. The molecule has 3 heteroatoms. The Hall–Kier alpha value is 0.137. The van der Waals surface area contributed by atoms with Gasteiger partial charge >= 0.3 is 0 Å². The Kier molecular flexibility index (Phi) is 7.40. The van der Waals surface area contributed by atoms with E-state index >= 15 is 0 Å². The number of hydrogen-bond acceptors (Lipinski definition) is 2. The van der Waals surface area contributed by atoms with Crippen LogP contribution in [0.15, 0.2) is 0 Å². The molecule has 0 aromatic rings. The molecule has 2 nitrogen and oxygen atoms in total. The fourth-order valence-electron chi connectivity index (χ4n) is 2.85. The van der Waals surface area contributed by atoms with Crippen molar-refractivity contribution in [1.82, 2.24) is 5.32 Å². The lowest BCUT2D eigenvalue weighted by molar-refractivity contribution is 0.0239. The van der Waals surface area contributed by atoms with E-state index < -0.39 is 8.80 Å². The minimum atomic E-state index is -0.715. The molecule has 17 heavy (non-hydrogen) atoms. The Balaban J connectivity index is 2.48. The highest BCUT2D eigenvalue weighted by Gasteiger charge is 2.36. The molecule has 1 heterocycles. The first-order chi connectivity index (χ1) is 8.23. The zero-order valence-corrected chi connectivity index (χ0v) is 13.2. The normalized spacial score (nSPS) is 21.4. The maximum absolute atomic E-state index is 6.31. The van der Waals surface area contributed by atoms with Crippen molar-refractivity contribution in [2.24, 2.45) is 0 Å². The largest absolute Gasteiger partial charge is 0.378 e. The van der Waals surface area contributed by atoms with Gasteiger partial charge in [-0.3, -0.25) is 0 Å². The summed E-state index contributed by atoms with van der Waals surface area (Å²) < 4.78 is 6.31. The van der Waals surface area contributed by atoms with Crippen LogP contribution in [0.1, 0.15) is 52.9 Å². The maximum atomic E-state index is 6.31. The molecule has 0 saturated carbocycles. The van der Waals surface area contributed by atoms with Crippen LogP contribution in [0.5, 0.6) is 0 Å². The second-order valence-electron chi connectivity index (χ2n) is 5.63. The van der Waals surface area contributed by atoms with Crippen molar-refractivity contribution >= 4 is 8.80 Å². The van der Waals surface area contributed by atoms with E-state index in [1.807, 2.05) is 0 Å². The maximum Gasteiger partial charge on any atom is 0.0769 e. The summed E-state index contributed by atoms with van der Waals surface area (Å²) in [6.45, 7) is 9.91. The molecule has 1 rings (SSSR count). The number of ether oxygens (including phenoxy) is 1. The molecule has 0 aromatic heterocycles. The number of hydrogen-bond donors (Lipinski definition) is 1. The van der Waals surface area contributed by atoms with Crippen LogP contribution in [0, 0.1) is 0 Å². The van der Waals surface area contributed by atoms with E-state index in [9.17, 15) is 0 Å². The lowest BCUT2D eigenvalue weighted by atomic mass is 10.3. The highest BCUT2D eigenvalue weighted by molar-refractivity contribution is 6.62. The molecule has 1 aliphatic rings. The monoisotopic (exact) mass is 257 g/mol. The van der Waals surface area contributed by atoms with E-state index in [1.54, 1.807) is 0 Å². The molecule has 1 atom stereocenters. The predicted molar refractivity (Wildman–Crippen MR) is 78.4 cm³/mol. The van der Waals surface area contributed by atoms with E-state index in [4.69, 9.17) is 4.74 Å². The van der Waals surface area contributed by atoms with Crippen molar-refractivity contribution in [3.63, 3.8) is 0 Å². The molecule has 1 N–H and O–H groups in total. The van der Waals surface area contributed by atoms with Crippen LogP contribution in [0.2, 0.25) is 12.1 Å². The van der Waals surface area contributed by atoms with E-state index in [0.29, 0.717) is 0 Å². The van der Waals surface area contributed by atoms with E-state index in [0.717, 1.165) is 19.7 Å². The molecule has 1 aliphatic heterocycles. The minimum Gasteiger partial charge on any atom is -0.378 e. The van der Waals surface area contributed by atoms with Crippen molar-refractivity contribution in [3.8, 4) is 0 Å². The summed E-state index contributed by atoms with van der Waals surface area (Å²) >= 11 is 0. The van der Waals surface area contributed by atoms with Gasteiger partial charge in [0.15, 0.2) is 0 Å². The van der Waals surface area contributed by atoms with Crippen molar-refractivity contribution in [2.45, 2.75) is 70.2 Å². The van der Waals surface area contributed by atoms with Crippen molar-refractivity contribution in [1.29, 1.82) is 0 Å². The highest BCUT2D eigenvalue weighted by Crippen LogP contribution is 2.29. The van der Waals surface area contributed by atoms with Crippen LogP contribution in [0.25, 0.3) is 0 Å². The van der Waals surface area contributed by atoms with Crippen molar-refractivity contribution in [3.05, 3.63) is 0 Å². The average molecular weight is 257 g/mol. The SMILES string of the molecule is CCCCOC(C)(CNCC)[SiH]1CCCCC1. The average Bonchev–Trinajstić information content (AvgIpc) is 2.38. The molecular formula is C14H31NOSi. The van der Waals surface area contributed by atoms with Gasteiger partial charge in [0, 0.05) is 13.2 Å². The molecule has 1 fully saturated rings. The summed E-state index contributed by atoms with van der Waals surface area (Å²) in [5.41, 5.74) is 0. The quantitative estimate of drug-likeness (QED) is 0.533. The van der Waals surface area contributed by atoms with Gasteiger partial charge in [0.05, 0.1) is 14.0 Å². The molecule has 0 radical (unpaired) electrons. The lowest BCUT2D eigenvalue weighted by Crippen LogP contribution is -2.53. The van der Waals surface area contributed by atoms with Gasteiger partial charge in [0.2, 0.25) is 0 Å². The zero-order chi connectivity index (χ0) is 12.6. The molecular weight excluding hydrogens is 226 g/mol. The zero-order valence-electron chi connectivity index (χ0n) is 12.1. The highest BCUT2D eigenvalue weighted by atomic mass is 28.3. The van der Waals surface area contributed by atoms with Gasteiger partial charge in [-0.05, 0) is 19.9 Å². The summed E-state index contributed by atoms with van der Waals surface area (Å²) in [6, 6.07) is 2.99. The van der Waals surface area contributed by atoms with Gasteiger partial charge < -0.3 is 10.1 Å². The Labute approximate surface area is 109 Å². The van der Waals surface area contributed by atoms with Crippen LogP contribution in [-0.2, 0) is 4.74 Å². The molecule has 102 valence electrons. The molecule has 1 unspecified atom stereocenters. The number of rotatable bonds is 8. The predicted octanol–water partition coefficient (Wildman–Crippen LogP) is 3.12. The number of unbranched alkanes of at least 4 members (excludes halogenated alkanes) is 1. The van der Waals surface area contributed by atoms with Gasteiger partial charge in [-0.1, -0.05) is 51.6 Å².